The highest BCUT2D eigenvalue weighted by molar-refractivity contribution is 7.99. The van der Waals surface area contributed by atoms with Crippen molar-refractivity contribution in [2.24, 2.45) is 0 Å². The Hall–Kier alpha value is -7.92. The molecule has 7 heteroatoms. The smallest absolute Gasteiger partial charge is 0.165 e. The SMILES string of the molecule is N#Cc1ccc(-c2ccc3c(n2)-c2ncccc2C32c3ccccc3Sc3c2ccc2c3Oc3ccccc3N2c2ccc3c4ccccc4n(-c4ccccc4)c3c2)cc1. The van der Waals surface area contributed by atoms with Crippen molar-refractivity contribution >= 4 is 50.6 Å². The summed E-state index contributed by atoms with van der Waals surface area (Å²) in [5.74, 6) is 1.61. The Balaban J connectivity index is 1.05. The summed E-state index contributed by atoms with van der Waals surface area (Å²) in [6.07, 6.45) is 1.86. The largest absolute Gasteiger partial charge is 0.452 e. The Kier molecular flexibility index (Phi) is 7.13. The van der Waals surface area contributed by atoms with E-state index in [0.29, 0.717) is 5.56 Å². The fourth-order valence-corrected chi connectivity index (χ4v) is 11.3. The van der Waals surface area contributed by atoms with Crippen molar-refractivity contribution in [2.45, 2.75) is 15.2 Å². The van der Waals surface area contributed by atoms with Crippen LogP contribution in [0, 0.1) is 11.3 Å². The number of hydrogen-bond donors (Lipinski definition) is 0. The molecular formula is C54H31N5OS. The van der Waals surface area contributed by atoms with Gasteiger partial charge in [-0.3, -0.25) is 4.98 Å². The van der Waals surface area contributed by atoms with E-state index in [-0.39, 0.29) is 0 Å². The monoisotopic (exact) mass is 797 g/mol. The zero-order chi connectivity index (χ0) is 40.2. The standard InChI is InChI=1S/C54H31N5OS/c55-32-33-20-22-34(23-21-33)43-28-26-41-51(57-43)50-40(15-10-30-56-50)54(41)39-14-5-9-19-49(39)61-53-42(54)27-29-46-52(53)60-48-18-8-7-17-45(48)59(46)36-24-25-38-37-13-4-6-16-44(37)58(47(38)31-36)35-11-2-1-3-12-35/h1-31H. The molecule has 5 heterocycles. The van der Waals surface area contributed by atoms with Crippen LogP contribution in [0.25, 0.3) is 50.1 Å². The van der Waals surface area contributed by atoms with Crippen LogP contribution in [0.4, 0.5) is 17.1 Å². The topological polar surface area (TPSA) is 67.0 Å². The number of pyridine rings is 2. The first-order valence-electron chi connectivity index (χ1n) is 20.3. The number of fused-ring (bicyclic) bond motifs is 15. The average Bonchev–Trinajstić information content (AvgIpc) is 3.81. The summed E-state index contributed by atoms with van der Waals surface area (Å²) in [6.45, 7) is 0. The van der Waals surface area contributed by atoms with Crippen LogP contribution in [-0.2, 0) is 5.41 Å². The van der Waals surface area contributed by atoms with Gasteiger partial charge in [-0.15, -0.1) is 0 Å². The van der Waals surface area contributed by atoms with Crippen LogP contribution in [0.1, 0.15) is 27.8 Å². The van der Waals surface area contributed by atoms with Crippen molar-refractivity contribution in [3.8, 4) is 45.9 Å². The number of nitriles is 1. The fourth-order valence-electron chi connectivity index (χ4n) is 9.98. The number of ether oxygens (including phenoxy) is 1. The lowest BCUT2D eigenvalue weighted by atomic mass is 9.67. The first kappa shape index (κ1) is 34.0. The van der Waals surface area contributed by atoms with E-state index in [9.17, 15) is 5.26 Å². The number of para-hydroxylation sites is 4. The molecule has 0 amide bonds. The Bertz CT molecular complexity index is 3520. The van der Waals surface area contributed by atoms with Crippen LogP contribution < -0.4 is 9.64 Å². The number of aromatic nitrogens is 3. The minimum Gasteiger partial charge on any atom is -0.452 e. The van der Waals surface area contributed by atoms with Crippen LogP contribution >= 0.6 is 11.8 Å². The summed E-state index contributed by atoms with van der Waals surface area (Å²) in [5.41, 5.74) is 14.3. The van der Waals surface area contributed by atoms with Gasteiger partial charge in [0.15, 0.2) is 11.5 Å². The summed E-state index contributed by atoms with van der Waals surface area (Å²) in [6, 6.07) is 66.1. The predicted octanol–water partition coefficient (Wildman–Crippen LogP) is 13.5. The third-order valence-corrected chi connectivity index (χ3v) is 13.7. The second kappa shape index (κ2) is 12.8. The molecule has 1 unspecified atom stereocenters. The molecule has 0 N–H and O–H groups in total. The highest BCUT2D eigenvalue weighted by Crippen LogP contribution is 2.65. The average molecular weight is 798 g/mol. The van der Waals surface area contributed by atoms with Gasteiger partial charge in [0, 0.05) is 38.8 Å². The molecule has 13 rings (SSSR count). The molecule has 2 aliphatic heterocycles. The lowest BCUT2D eigenvalue weighted by Gasteiger charge is -2.41. The molecule has 1 atom stereocenters. The van der Waals surface area contributed by atoms with Crippen LogP contribution in [0.2, 0.25) is 0 Å². The van der Waals surface area contributed by atoms with Crippen molar-refractivity contribution in [1.82, 2.24) is 14.5 Å². The maximum atomic E-state index is 9.46. The molecule has 0 radical (unpaired) electrons. The zero-order valence-electron chi connectivity index (χ0n) is 32.5. The van der Waals surface area contributed by atoms with E-state index in [1.807, 2.05) is 42.6 Å². The first-order valence-corrected chi connectivity index (χ1v) is 21.1. The highest BCUT2D eigenvalue weighted by atomic mass is 32.2. The lowest BCUT2D eigenvalue weighted by Crippen LogP contribution is -2.32. The number of nitrogens with zero attached hydrogens (tertiary/aromatic N) is 5. The lowest BCUT2D eigenvalue weighted by molar-refractivity contribution is 0.461. The summed E-state index contributed by atoms with van der Waals surface area (Å²) >= 11 is 1.76. The maximum Gasteiger partial charge on any atom is 0.165 e. The predicted molar refractivity (Wildman–Crippen MR) is 243 cm³/mol. The van der Waals surface area contributed by atoms with Crippen LogP contribution in [0.5, 0.6) is 11.5 Å². The van der Waals surface area contributed by atoms with Gasteiger partial charge in [-0.2, -0.15) is 5.26 Å². The van der Waals surface area contributed by atoms with Crippen molar-refractivity contribution in [3.63, 3.8) is 0 Å². The summed E-state index contributed by atoms with van der Waals surface area (Å²) < 4.78 is 9.49. The van der Waals surface area contributed by atoms with E-state index in [4.69, 9.17) is 14.7 Å². The van der Waals surface area contributed by atoms with Crippen LogP contribution in [0.15, 0.2) is 198 Å². The molecule has 1 spiro atoms. The van der Waals surface area contributed by atoms with Gasteiger partial charge in [-0.05, 0) is 101 Å². The number of benzene rings is 7. The molecule has 10 aromatic rings. The molecule has 0 fully saturated rings. The van der Waals surface area contributed by atoms with Gasteiger partial charge in [-0.1, -0.05) is 115 Å². The Labute approximate surface area is 355 Å². The molecular weight excluding hydrogens is 767 g/mol. The summed E-state index contributed by atoms with van der Waals surface area (Å²) in [4.78, 5) is 15.0. The normalized spacial score (nSPS) is 15.3. The summed E-state index contributed by atoms with van der Waals surface area (Å²) in [5, 5.41) is 11.9. The van der Waals surface area contributed by atoms with Crippen molar-refractivity contribution in [3.05, 3.63) is 216 Å². The van der Waals surface area contributed by atoms with E-state index >= 15 is 0 Å². The molecule has 61 heavy (non-hydrogen) atoms. The van der Waals surface area contributed by atoms with Gasteiger partial charge in [0.2, 0.25) is 0 Å². The minimum atomic E-state index is -0.706. The molecule has 1 aliphatic carbocycles. The number of rotatable bonds is 3. The second-order valence-corrected chi connectivity index (χ2v) is 16.7. The van der Waals surface area contributed by atoms with E-state index in [0.717, 1.165) is 88.9 Å². The van der Waals surface area contributed by atoms with E-state index in [1.165, 1.54) is 21.9 Å². The van der Waals surface area contributed by atoms with Gasteiger partial charge < -0.3 is 14.2 Å². The quantitative estimate of drug-likeness (QED) is 0.177. The first-order chi connectivity index (χ1) is 30.2. The zero-order valence-corrected chi connectivity index (χ0v) is 33.3. The van der Waals surface area contributed by atoms with Crippen LogP contribution in [-0.4, -0.2) is 14.5 Å². The molecule has 0 bridgehead atoms. The maximum absolute atomic E-state index is 9.46. The molecule has 7 aromatic carbocycles. The molecule has 6 nitrogen and oxygen atoms in total. The van der Waals surface area contributed by atoms with E-state index in [1.54, 1.807) is 11.8 Å². The van der Waals surface area contributed by atoms with Crippen LogP contribution in [0.3, 0.4) is 0 Å². The Morgan fingerprint density at radius 3 is 2.23 bits per heavy atom. The Morgan fingerprint density at radius 2 is 1.33 bits per heavy atom. The third-order valence-electron chi connectivity index (χ3n) is 12.5. The van der Waals surface area contributed by atoms with Crippen molar-refractivity contribution in [2.75, 3.05) is 4.90 Å². The van der Waals surface area contributed by atoms with Gasteiger partial charge in [0.25, 0.3) is 0 Å². The van der Waals surface area contributed by atoms with Gasteiger partial charge in [-0.25, -0.2) is 4.98 Å². The Morgan fingerprint density at radius 1 is 0.574 bits per heavy atom. The number of anilines is 3. The molecule has 3 aliphatic rings. The molecule has 3 aromatic heterocycles. The molecule has 284 valence electrons. The summed E-state index contributed by atoms with van der Waals surface area (Å²) in [7, 11) is 0. The molecule has 0 saturated carbocycles. The second-order valence-electron chi connectivity index (χ2n) is 15.6. The van der Waals surface area contributed by atoms with E-state index < -0.39 is 5.41 Å². The van der Waals surface area contributed by atoms with Gasteiger partial charge >= 0.3 is 0 Å². The highest BCUT2D eigenvalue weighted by Gasteiger charge is 2.53. The van der Waals surface area contributed by atoms with E-state index in [2.05, 4.69) is 161 Å². The van der Waals surface area contributed by atoms with Gasteiger partial charge in [0.05, 0.1) is 61.4 Å². The third kappa shape index (κ3) is 4.68. The fraction of sp³-hybridized carbons (Fsp3) is 0.0185. The van der Waals surface area contributed by atoms with Gasteiger partial charge in [0.1, 0.15) is 0 Å². The van der Waals surface area contributed by atoms with Crippen molar-refractivity contribution < 1.29 is 4.74 Å². The molecule has 0 saturated heterocycles. The van der Waals surface area contributed by atoms with Crippen molar-refractivity contribution in [1.29, 1.82) is 5.26 Å². The minimum absolute atomic E-state index is 0.617. The number of hydrogen-bond acceptors (Lipinski definition) is 6.